The normalized spacial score (nSPS) is 14.7. The third-order valence-corrected chi connectivity index (χ3v) is 3.51. The van der Waals surface area contributed by atoms with Gasteiger partial charge < -0.3 is 19.9 Å². The summed E-state index contributed by atoms with van der Waals surface area (Å²) in [6, 6.07) is 0.150. The van der Waals surface area contributed by atoms with Crippen molar-refractivity contribution in [2.75, 3.05) is 33.5 Å². The summed E-state index contributed by atoms with van der Waals surface area (Å²) in [7, 11) is 1.62. The predicted octanol–water partition coefficient (Wildman–Crippen LogP) is 1.13. The van der Waals surface area contributed by atoms with Crippen LogP contribution in [0.25, 0.3) is 0 Å². The van der Waals surface area contributed by atoms with E-state index >= 15 is 0 Å². The van der Waals surface area contributed by atoms with E-state index in [0.717, 1.165) is 5.01 Å². The lowest BCUT2D eigenvalue weighted by atomic mass is 10.3. The maximum absolute atomic E-state index is 9.70. The summed E-state index contributed by atoms with van der Waals surface area (Å²) < 4.78 is 10.1. The molecule has 0 radical (unpaired) electrons. The van der Waals surface area contributed by atoms with Gasteiger partial charge >= 0.3 is 0 Å². The maximum Gasteiger partial charge on any atom is 0.109 e. The smallest absolute Gasteiger partial charge is 0.109 e. The van der Waals surface area contributed by atoms with E-state index in [4.69, 9.17) is 9.47 Å². The number of aliphatic hydroxyl groups is 1. The molecule has 18 heavy (non-hydrogen) atoms. The van der Waals surface area contributed by atoms with Crippen LogP contribution in [0.2, 0.25) is 0 Å². The molecule has 0 aliphatic heterocycles. The predicted molar refractivity (Wildman–Crippen MR) is 72.0 cm³/mol. The second-order valence-corrected chi connectivity index (χ2v) is 5.43. The Labute approximate surface area is 112 Å². The minimum Gasteiger partial charge on any atom is -0.389 e. The number of hydrogen-bond acceptors (Lipinski definition) is 6. The fraction of sp³-hybridized carbons (Fsp3) is 0.750. The van der Waals surface area contributed by atoms with Gasteiger partial charge in [-0.3, -0.25) is 0 Å². The molecule has 0 fully saturated rings. The molecule has 5 nitrogen and oxygen atoms in total. The summed E-state index contributed by atoms with van der Waals surface area (Å²) in [5.74, 6) is 0. The molecular weight excluding hydrogens is 252 g/mol. The van der Waals surface area contributed by atoms with Crippen molar-refractivity contribution in [3.8, 4) is 0 Å². The van der Waals surface area contributed by atoms with Crippen molar-refractivity contribution < 1.29 is 14.6 Å². The Morgan fingerprint density at radius 1 is 1.50 bits per heavy atom. The molecule has 1 aromatic heterocycles. The Bertz CT molecular complexity index is 333. The first-order chi connectivity index (χ1) is 8.63. The van der Waals surface area contributed by atoms with Gasteiger partial charge in [-0.05, 0) is 13.8 Å². The maximum atomic E-state index is 9.70. The summed E-state index contributed by atoms with van der Waals surface area (Å²) in [4.78, 5) is 5.50. The standard InChI is InChI=1S/C12H22N2O3S/c1-9-6-14-12(18-9)10(2)13-7-11(15)8-17-5-4-16-3/h6,10-11,13,15H,4-5,7-8H2,1-3H3. The van der Waals surface area contributed by atoms with Crippen molar-refractivity contribution in [3.63, 3.8) is 0 Å². The van der Waals surface area contributed by atoms with Crippen molar-refractivity contribution in [2.24, 2.45) is 0 Å². The largest absolute Gasteiger partial charge is 0.389 e. The van der Waals surface area contributed by atoms with Gasteiger partial charge in [0.05, 0.1) is 32.0 Å². The van der Waals surface area contributed by atoms with Gasteiger partial charge in [-0.1, -0.05) is 0 Å². The Morgan fingerprint density at radius 2 is 2.28 bits per heavy atom. The van der Waals surface area contributed by atoms with E-state index in [1.807, 2.05) is 20.0 Å². The number of hydrogen-bond donors (Lipinski definition) is 2. The summed E-state index contributed by atoms with van der Waals surface area (Å²) in [5.41, 5.74) is 0. The van der Waals surface area contributed by atoms with E-state index in [2.05, 4.69) is 10.3 Å². The molecule has 6 heteroatoms. The molecule has 0 aliphatic carbocycles. The topological polar surface area (TPSA) is 63.6 Å². The molecule has 0 aromatic carbocycles. The number of ether oxygens (including phenoxy) is 2. The van der Waals surface area contributed by atoms with E-state index in [1.165, 1.54) is 4.88 Å². The van der Waals surface area contributed by atoms with Gasteiger partial charge in [0.25, 0.3) is 0 Å². The Morgan fingerprint density at radius 3 is 2.89 bits per heavy atom. The lowest BCUT2D eigenvalue weighted by molar-refractivity contribution is 0.0130. The minimum atomic E-state index is -0.509. The molecule has 0 bridgehead atoms. The Hall–Kier alpha value is -0.530. The summed E-state index contributed by atoms with van der Waals surface area (Å²) >= 11 is 1.67. The highest BCUT2D eigenvalue weighted by Gasteiger charge is 2.11. The lowest BCUT2D eigenvalue weighted by Crippen LogP contribution is -2.32. The average Bonchev–Trinajstić information content (AvgIpc) is 2.78. The molecule has 2 atom stereocenters. The van der Waals surface area contributed by atoms with Crippen LogP contribution in [0.3, 0.4) is 0 Å². The summed E-state index contributed by atoms with van der Waals surface area (Å²) in [6.07, 6.45) is 1.35. The van der Waals surface area contributed by atoms with Crippen molar-refractivity contribution >= 4 is 11.3 Å². The molecule has 104 valence electrons. The number of nitrogens with one attached hydrogen (secondary N) is 1. The van der Waals surface area contributed by atoms with E-state index in [9.17, 15) is 5.11 Å². The van der Waals surface area contributed by atoms with Crippen LogP contribution in [0, 0.1) is 6.92 Å². The van der Waals surface area contributed by atoms with Crippen LogP contribution < -0.4 is 5.32 Å². The minimum absolute atomic E-state index is 0.150. The molecular formula is C12H22N2O3S. The number of nitrogens with zero attached hydrogens (tertiary/aromatic N) is 1. The van der Waals surface area contributed by atoms with Gasteiger partial charge in [-0.2, -0.15) is 0 Å². The summed E-state index contributed by atoms with van der Waals surface area (Å²) in [5, 5.41) is 14.0. The third kappa shape index (κ3) is 5.88. The molecule has 2 N–H and O–H groups in total. The average molecular weight is 274 g/mol. The van der Waals surface area contributed by atoms with Gasteiger partial charge in [-0.25, -0.2) is 4.98 Å². The van der Waals surface area contributed by atoms with Crippen LogP contribution in [0.4, 0.5) is 0 Å². The number of aliphatic hydroxyl groups excluding tert-OH is 1. The second-order valence-electron chi connectivity index (χ2n) is 4.16. The quantitative estimate of drug-likeness (QED) is 0.661. The van der Waals surface area contributed by atoms with Gasteiger partial charge in [0.1, 0.15) is 5.01 Å². The number of thiazole rings is 1. The molecule has 1 heterocycles. The monoisotopic (exact) mass is 274 g/mol. The molecule has 0 saturated carbocycles. The first-order valence-corrected chi connectivity index (χ1v) is 6.85. The van der Waals surface area contributed by atoms with Crippen LogP contribution in [0.5, 0.6) is 0 Å². The SMILES string of the molecule is COCCOCC(O)CNC(C)c1ncc(C)s1. The van der Waals surface area contributed by atoms with Gasteiger partial charge in [0, 0.05) is 24.7 Å². The highest BCUT2D eigenvalue weighted by atomic mass is 32.1. The Kier molecular flexibility index (Phi) is 7.38. The van der Waals surface area contributed by atoms with E-state index in [0.29, 0.717) is 26.4 Å². The van der Waals surface area contributed by atoms with Crippen LogP contribution in [-0.2, 0) is 9.47 Å². The first kappa shape index (κ1) is 15.5. The third-order valence-electron chi connectivity index (χ3n) is 2.41. The van der Waals surface area contributed by atoms with E-state index in [1.54, 1.807) is 18.4 Å². The second kappa shape index (κ2) is 8.55. The molecule has 0 saturated heterocycles. The number of methoxy groups -OCH3 is 1. The number of aryl methyl sites for hydroxylation is 1. The summed E-state index contributed by atoms with van der Waals surface area (Å²) in [6.45, 7) is 5.94. The fourth-order valence-corrected chi connectivity index (χ4v) is 2.19. The highest BCUT2D eigenvalue weighted by Crippen LogP contribution is 2.18. The van der Waals surface area contributed by atoms with E-state index < -0.39 is 6.10 Å². The van der Waals surface area contributed by atoms with Gasteiger partial charge in [0.2, 0.25) is 0 Å². The number of rotatable bonds is 9. The van der Waals surface area contributed by atoms with Crippen LogP contribution in [0.1, 0.15) is 22.9 Å². The van der Waals surface area contributed by atoms with Crippen LogP contribution in [-0.4, -0.2) is 49.7 Å². The van der Waals surface area contributed by atoms with Crippen molar-refractivity contribution in [3.05, 3.63) is 16.1 Å². The van der Waals surface area contributed by atoms with Crippen molar-refractivity contribution in [2.45, 2.75) is 26.0 Å². The highest BCUT2D eigenvalue weighted by molar-refractivity contribution is 7.11. The molecule has 0 aliphatic rings. The van der Waals surface area contributed by atoms with E-state index in [-0.39, 0.29) is 6.04 Å². The Balaban J connectivity index is 2.15. The molecule has 0 spiro atoms. The zero-order valence-electron chi connectivity index (χ0n) is 11.2. The zero-order chi connectivity index (χ0) is 13.4. The first-order valence-electron chi connectivity index (χ1n) is 6.04. The van der Waals surface area contributed by atoms with Crippen LogP contribution >= 0.6 is 11.3 Å². The molecule has 1 rings (SSSR count). The van der Waals surface area contributed by atoms with Crippen molar-refractivity contribution in [1.82, 2.24) is 10.3 Å². The molecule has 0 amide bonds. The van der Waals surface area contributed by atoms with Crippen molar-refractivity contribution in [1.29, 1.82) is 0 Å². The van der Waals surface area contributed by atoms with Gasteiger partial charge in [0.15, 0.2) is 0 Å². The molecule has 1 aromatic rings. The molecule has 2 unspecified atom stereocenters. The van der Waals surface area contributed by atoms with Crippen LogP contribution in [0.15, 0.2) is 6.20 Å². The zero-order valence-corrected chi connectivity index (χ0v) is 12.0. The lowest BCUT2D eigenvalue weighted by Gasteiger charge is -2.15. The number of aromatic nitrogens is 1. The van der Waals surface area contributed by atoms with Gasteiger partial charge in [-0.15, -0.1) is 11.3 Å². The fourth-order valence-electron chi connectivity index (χ4n) is 1.39.